The molecule has 2 heterocycles. The quantitative estimate of drug-likeness (QED) is 0.934. The summed E-state index contributed by atoms with van der Waals surface area (Å²) in [6.45, 7) is 1.93. The van der Waals surface area contributed by atoms with Crippen molar-refractivity contribution in [1.29, 1.82) is 5.26 Å². The van der Waals surface area contributed by atoms with Crippen LogP contribution in [0.3, 0.4) is 0 Å². The SMILES string of the molecule is C[C@]1(C(=O)N[C@@H](C#N)c2cccc(Cl)c2)C[C@H]2CC[C@H]1O2. The third kappa shape index (κ3) is 2.52. The van der Waals surface area contributed by atoms with E-state index in [4.69, 9.17) is 16.3 Å². The zero-order chi connectivity index (χ0) is 15.0. The third-order valence-electron chi connectivity index (χ3n) is 4.58. The Kier molecular flexibility index (Phi) is 3.64. The highest BCUT2D eigenvalue weighted by Crippen LogP contribution is 2.47. The first-order chi connectivity index (χ1) is 10.0. The first-order valence-corrected chi connectivity index (χ1v) is 7.52. The highest BCUT2D eigenvalue weighted by molar-refractivity contribution is 6.30. The number of fused-ring (bicyclic) bond motifs is 2. The van der Waals surface area contributed by atoms with Crippen LogP contribution in [-0.4, -0.2) is 18.1 Å². The summed E-state index contributed by atoms with van der Waals surface area (Å²) in [5.74, 6) is -0.110. The molecule has 5 heteroatoms. The highest BCUT2D eigenvalue weighted by atomic mass is 35.5. The van der Waals surface area contributed by atoms with Gasteiger partial charge in [0.05, 0.1) is 23.7 Å². The van der Waals surface area contributed by atoms with Crippen molar-refractivity contribution in [2.45, 2.75) is 44.4 Å². The van der Waals surface area contributed by atoms with Crippen molar-refractivity contribution in [3.8, 4) is 6.07 Å². The van der Waals surface area contributed by atoms with Crippen LogP contribution < -0.4 is 5.32 Å². The smallest absolute Gasteiger partial charge is 0.229 e. The molecule has 1 amide bonds. The molecule has 110 valence electrons. The first kappa shape index (κ1) is 14.4. The van der Waals surface area contributed by atoms with Gasteiger partial charge in [-0.3, -0.25) is 4.79 Å². The van der Waals surface area contributed by atoms with Crippen LogP contribution in [0.2, 0.25) is 5.02 Å². The molecular formula is C16H17ClN2O2. The van der Waals surface area contributed by atoms with E-state index in [1.54, 1.807) is 24.3 Å². The highest BCUT2D eigenvalue weighted by Gasteiger charge is 2.54. The third-order valence-corrected chi connectivity index (χ3v) is 4.81. The summed E-state index contributed by atoms with van der Waals surface area (Å²) in [5, 5.41) is 12.7. The Balaban J connectivity index is 1.76. The molecule has 0 saturated carbocycles. The molecule has 2 bridgehead atoms. The van der Waals surface area contributed by atoms with Crippen LogP contribution >= 0.6 is 11.6 Å². The van der Waals surface area contributed by atoms with E-state index in [1.807, 2.05) is 6.92 Å². The number of amides is 1. The summed E-state index contributed by atoms with van der Waals surface area (Å²) in [6, 6.07) is 8.45. The number of hydrogen-bond donors (Lipinski definition) is 1. The van der Waals surface area contributed by atoms with Gasteiger partial charge in [-0.15, -0.1) is 0 Å². The maximum atomic E-state index is 12.6. The summed E-state index contributed by atoms with van der Waals surface area (Å²) in [5.41, 5.74) is 0.169. The molecule has 2 aliphatic rings. The number of ether oxygens (including phenoxy) is 1. The van der Waals surface area contributed by atoms with Crippen molar-refractivity contribution < 1.29 is 9.53 Å². The molecule has 0 spiro atoms. The van der Waals surface area contributed by atoms with Gasteiger partial charge >= 0.3 is 0 Å². The van der Waals surface area contributed by atoms with Crippen LogP contribution in [-0.2, 0) is 9.53 Å². The summed E-state index contributed by atoms with van der Waals surface area (Å²) in [4.78, 5) is 12.6. The minimum Gasteiger partial charge on any atom is -0.374 e. The molecule has 0 unspecified atom stereocenters. The molecule has 0 radical (unpaired) electrons. The van der Waals surface area contributed by atoms with Gasteiger partial charge in [-0.1, -0.05) is 23.7 Å². The second-order valence-electron chi connectivity index (χ2n) is 6.04. The van der Waals surface area contributed by atoms with Gasteiger partial charge < -0.3 is 10.1 Å². The van der Waals surface area contributed by atoms with Crippen LogP contribution in [0.5, 0.6) is 0 Å². The predicted molar refractivity (Wildman–Crippen MR) is 78.6 cm³/mol. The summed E-state index contributed by atoms with van der Waals surface area (Å²) < 4.78 is 5.78. The Morgan fingerprint density at radius 2 is 2.38 bits per heavy atom. The molecule has 2 saturated heterocycles. The van der Waals surface area contributed by atoms with Crippen molar-refractivity contribution >= 4 is 17.5 Å². The maximum Gasteiger partial charge on any atom is 0.229 e. The number of carbonyl (C=O) groups is 1. The molecule has 2 fully saturated rings. The number of nitrogens with one attached hydrogen (secondary N) is 1. The fourth-order valence-corrected chi connectivity index (χ4v) is 3.54. The zero-order valence-corrected chi connectivity index (χ0v) is 12.6. The lowest BCUT2D eigenvalue weighted by molar-refractivity contribution is -0.133. The number of halogens is 1. The Bertz CT molecular complexity index is 613. The van der Waals surface area contributed by atoms with Gasteiger partial charge in [0.15, 0.2) is 0 Å². The number of carbonyl (C=O) groups excluding carboxylic acids is 1. The number of rotatable bonds is 3. The van der Waals surface area contributed by atoms with Gasteiger partial charge in [0.25, 0.3) is 0 Å². The average Bonchev–Trinajstić information content (AvgIpc) is 3.05. The molecule has 0 aromatic heterocycles. The van der Waals surface area contributed by atoms with E-state index in [0.29, 0.717) is 10.6 Å². The van der Waals surface area contributed by atoms with Gasteiger partial charge in [0, 0.05) is 5.02 Å². The second-order valence-corrected chi connectivity index (χ2v) is 6.47. The van der Waals surface area contributed by atoms with Gasteiger partial charge in [-0.2, -0.15) is 5.26 Å². The van der Waals surface area contributed by atoms with Crippen molar-refractivity contribution in [3.05, 3.63) is 34.9 Å². The fourth-order valence-electron chi connectivity index (χ4n) is 3.34. The molecule has 0 aliphatic carbocycles. The molecular weight excluding hydrogens is 288 g/mol. The number of benzene rings is 1. The molecule has 1 aromatic carbocycles. The van der Waals surface area contributed by atoms with Crippen LogP contribution in [0.15, 0.2) is 24.3 Å². The maximum absolute atomic E-state index is 12.6. The summed E-state index contributed by atoms with van der Waals surface area (Å²) in [7, 11) is 0. The molecule has 1 aromatic rings. The second kappa shape index (κ2) is 5.32. The van der Waals surface area contributed by atoms with E-state index in [2.05, 4.69) is 11.4 Å². The topological polar surface area (TPSA) is 62.1 Å². The van der Waals surface area contributed by atoms with Gasteiger partial charge in [-0.05, 0) is 43.9 Å². The molecule has 4 atom stereocenters. The van der Waals surface area contributed by atoms with Crippen LogP contribution in [0.4, 0.5) is 0 Å². The fraction of sp³-hybridized carbons (Fsp3) is 0.500. The zero-order valence-electron chi connectivity index (χ0n) is 11.8. The largest absolute Gasteiger partial charge is 0.374 e. The minimum atomic E-state index is -0.688. The lowest BCUT2D eigenvalue weighted by Crippen LogP contribution is -2.46. The lowest BCUT2D eigenvalue weighted by Gasteiger charge is -2.30. The number of nitrogens with zero attached hydrogens (tertiary/aromatic N) is 1. The van der Waals surface area contributed by atoms with Gasteiger partial charge in [-0.25, -0.2) is 0 Å². The van der Waals surface area contributed by atoms with Crippen LogP contribution in [0, 0.1) is 16.7 Å². The number of nitriles is 1. The minimum absolute atomic E-state index is 0.0267. The van der Waals surface area contributed by atoms with E-state index < -0.39 is 11.5 Å². The Hall–Kier alpha value is -1.57. The predicted octanol–water partition coefficient (Wildman–Crippen LogP) is 2.98. The van der Waals surface area contributed by atoms with E-state index in [1.165, 1.54) is 0 Å². The van der Waals surface area contributed by atoms with Crippen molar-refractivity contribution in [2.75, 3.05) is 0 Å². The standard InChI is InChI=1S/C16H17ClN2O2/c1-16(8-12-5-6-14(16)21-12)15(20)19-13(9-18)10-3-2-4-11(17)7-10/h2-4,7,12-14H,5-6,8H2,1H3,(H,19,20)/t12-,13+,14-,16+/m1/s1. The lowest BCUT2D eigenvalue weighted by atomic mass is 9.74. The Morgan fingerprint density at radius 3 is 2.95 bits per heavy atom. The van der Waals surface area contributed by atoms with Crippen molar-refractivity contribution in [2.24, 2.45) is 5.41 Å². The number of hydrogen-bond acceptors (Lipinski definition) is 3. The summed E-state index contributed by atoms with van der Waals surface area (Å²) in [6.07, 6.45) is 2.85. The monoisotopic (exact) mass is 304 g/mol. The Morgan fingerprint density at radius 1 is 1.57 bits per heavy atom. The molecule has 3 rings (SSSR count). The van der Waals surface area contributed by atoms with Gasteiger partial charge in [0.1, 0.15) is 6.04 Å². The van der Waals surface area contributed by atoms with Crippen molar-refractivity contribution in [1.82, 2.24) is 5.32 Å². The Labute approximate surface area is 129 Å². The van der Waals surface area contributed by atoms with E-state index in [9.17, 15) is 10.1 Å². The first-order valence-electron chi connectivity index (χ1n) is 7.14. The van der Waals surface area contributed by atoms with E-state index in [-0.39, 0.29) is 18.1 Å². The van der Waals surface area contributed by atoms with Crippen LogP contribution in [0.1, 0.15) is 37.8 Å². The summed E-state index contributed by atoms with van der Waals surface area (Å²) >= 11 is 5.95. The molecule has 4 nitrogen and oxygen atoms in total. The molecule has 1 N–H and O–H groups in total. The molecule has 2 aliphatic heterocycles. The van der Waals surface area contributed by atoms with E-state index >= 15 is 0 Å². The molecule has 21 heavy (non-hydrogen) atoms. The normalized spacial score (nSPS) is 31.7. The van der Waals surface area contributed by atoms with Crippen LogP contribution in [0.25, 0.3) is 0 Å². The van der Waals surface area contributed by atoms with Crippen molar-refractivity contribution in [3.63, 3.8) is 0 Å². The van der Waals surface area contributed by atoms with Gasteiger partial charge in [0.2, 0.25) is 5.91 Å². The van der Waals surface area contributed by atoms with E-state index in [0.717, 1.165) is 19.3 Å². The average molecular weight is 305 g/mol.